The molecular formula is C15H18F2N2O2. The maximum absolute atomic E-state index is 13.8. The van der Waals surface area contributed by atoms with Gasteiger partial charge in [0.15, 0.2) is 24.0 Å². The SMILES string of the molecule is C#CCNC(=O)COc1c(F)cc(CC(N)CC)cc1F. The van der Waals surface area contributed by atoms with Gasteiger partial charge in [-0.1, -0.05) is 12.8 Å². The van der Waals surface area contributed by atoms with Crippen molar-refractivity contribution in [2.75, 3.05) is 13.2 Å². The first-order valence-corrected chi connectivity index (χ1v) is 6.54. The molecule has 0 radical (unpaired) electrons. The zero-order valence-corrected chi connectivity index (χ0v) is 11.8. The van der Waals surface area contributed by atoms with Gasteiger partial charge < -0.3 is 15.8 Å². The molecule has 1 atom stereocenters. The molecule has 4 nitrogen and oxygen atoms in total. The van der Waals surface area contributed by atoms with Crippen LogP contribution in [0.4, 0.5) is 8.78 Å². The first-order valence-electron chi connectivity index (χ1n) is 6.54. The Bertz CT molecular complexity index is 518. The summed E-state index contributed by atoms with van der Waals surface area (Å²) in [6.45, 7) is 1.41. The highest BCUT2D eigenvalue weighted by Crippen LogP contribution is 2.24. The topological polar surface area (TPSA) is 64.3 Å². The monoisotopic (exact) mass is 296 g/mol. The number of rotatable bonds is 7. The lowest BCUT2D eigenvalue weighted by Crippen LogP contribution is -2.29. The van der Waals surface area contributed by atoms with Gasteiger partial charge in [-0.3, -0.25) is 4.79 Å². The summed E-state index contributed by atoms with van der Waals surface area (Å²) in [7, 11) is 0. The number of halogens is 2. The molecule has 0 spiro atoms. The summed E-state index contributed by atoms with van der Waals surface area (Å²) in [5, 5.41) is 2.33. The van der Waals surface area contributed by atoms with Gasteiger partial charge in [-0.05, 0) is 30.5 Å². The summed E-state index contributed by atoms with van der Waals surface area (Å²) in [5.74, 6) is -0.658. The molecule has 0 aromatic heterocycles. The average molecular weight is 296 g/mol. The standard InChI is InChI=1S/C15H18F2N2O2/c1-3-5-19-14(20)9-21-15-12(16)7-10(8-13(15)17)6-11(18)4-2/h1,7-8,11H,4-6,9,18H2,2H3,(H,19,20). The Morgan fingerprint density at radius 2 is 2.10 bits per heavy atom. The number of hydrogen-bond acceptors (Lipinski definition) is 3. The largest absolute Gasteiger partial charge is 0.478 e. The molecule has 0 heterocycles. The molecule has 114 valence electrons. The Kier molecular flexibility index (Phi) is 6.63. The molecule has 0 saturated carbocycles. The van der Waals surface area contributed by atoms with Crippen molar-refractivity contribution < 1.29 is 18.3 Å². The number of carbonyl (C=O) groups excluding carboxylic acids is 1. The van der Waals surface area contributed by atoms with Crippen LogP contribution in [0.3, 0.4) is 0 Å². The van der Waals surface area contributed by atoms with Crippen molar-refractivity contribution >= 4 is 5.91 Å². The third-order valence-electron chi connectivity index (χ3n) is 2.82. The fourth-order valence-corrected chi connectivity index (χ4v) is 1.65. The molecule has 1 rings (SSSR count). The van der Waals surface area contributed by atoms with Crippen molar-refractivity contribution in [3.05, 3.63) is 29.3 Å². The van der Waals surface area contributed by atoms with Crippen LogP contribution in [0.1, 0.15) is 18.9 Å². The lowest BCUT2D eigenvalue weighted by atomic mass is 10.0. The highest BCUT2D eigenvalue weighted by molar-refractivity contribution is 5.77. The molecule has 1 unspecified atom stereocenters. The van der Waals surface area contributed by atoms with Crippen molar-refractivity contribution in [2.24, 2.45) is 5.73 Å². The Hall–Kier alpha value is -2.13. The molecule has 0 saturated heterocycles. The predicted molar refractivity (Wildman–Crippen MR) is 75.7 cm³/mol. The number of benzene rings is 1. The van der Waals surface area contributed by atoms with E-state index in [9.17, 15) is 13.6 Å². The number of ether oxygens (including phenoxy) is 1. The van der Waals surface area contributed by atoms with E-state index in [0.717, 1.165) is 12.1 Å². The van der Waals surface area contributed by atoms with Crippen molar-refractivity contribution in [2.45, 2.75) is 25.8 Å². The normalized spacial score (nSPS) is 11.6. The second kappa shape index (κ2) is 8.22. The first kappa shape index (κ1) is 16.9. The fourth-order valence-electron chi connectivity index (χ4n) is 1.65. The van der Waals surface area contributed by atoms with Gasteiger partial charge in [-0.15, -0.1) is 6.42 Å². The molecule has 1 aromatic carbocycles. The zero-order chi connectivity index (χ0) is 15.8. The number of nitrogens with two attached hydrogens (primary N) is 1. The summed E-state index contributed by atoms with van der Waals surface area (Å²) < 4.78 is 32.4. The van der Waals surface area contributed by atoms with Gasteiger partial charge in [-0.25, -0.2) is 8.78 Å². The second-order valence-corrected chi connectivity index (χ2v) is 4.53. The van der Waals surface area contributed by atoms with Gasteiger partial charge in [0, 0.05) is 6.04 Å². The van der Waals surface area contributed by atoms with Crippen molar-refractivity contribution in [1.29, 1.82) is 0 Å². The summed E-state index contributed by atoms with van der Waals surface area (Å²) in [6, 6.07) is 2.16. The van der Waals surface area contributed by atoms with E-state index < -0.39 is 29.9 Å². The van der Waals surface area contributed by atoms with Gasteiger partial charge in [-0.2, -0.15) is 0 Å². The number of hydrogen-bond donors (Lipinski definition) is 2. The van der Waals surface area contributed by atoms with Gasteiger partial charge in [0.2, 0.25) is 0 Å². The van der Waals surface area contributed by atoms with E-state index >= 15 is 0 Å². The maximum atomic E-state index is 13.8. The summed E-state index contributed by atoms with van der Waals surface area (Å²) in [6.07, 6.45) is 6.04. The molecule has 0 aliphatic rings. The van der Waals surface area contributed by atoms with E-state index in [-0.39, 0.29) is 12.6 Å². The lowest BCUT2D eigenvalue weighted by Gasteiger charge is -2.12. The third-order valence-corrected chi connectivity index (χ3v) is 2.82. The van der Waals surface area contributed by atoms with Crippen LogP contribution in [0.25, 0.3) is 0 Å². The lowest BCUT2D eigenvalue weighted by molar-refractivity contribution is -0.122. The van der Waals surface area contributed by atoms with Crippen LogP contribution in [-0.4, -0.2) is 25.1 Å². The second-order valence-electron chi connectivity index (χ2n) is 4.53. The van der Waals surface area contributed by atoms with Crippen LogP contribution in [-0.2, 0) is 11.2 Å². The first-order chi connectivity index (χ1) is 9.97. The van der Waals surface area contributed by atoms with Crippen LogP contribution in [0.15, 0.2) is 12.1 Å². The zero-order valence-electron chi connectivity index (χ0n) is 11.8. The van der Waals surface area contributed by atoms with Gasteiger partial charge in [0.1, 0.15) is 0 Å². The molecule has 1 amide bonds. The molecule has 0 aliphatic carbocycles. The van der Waals surface area contributed by atoms with Gasteiger partial charge >= 0.3 is 0 Å². The molecule has 0 bridgehead atoms. The molecule has 0 aliphatic heterocycles. The molecule has 3 N–H and O–H groups in total. The Morgan fingerprint density at radius 1 is 1.48 bits per heavy atom. The third kappa shape index (κ3) is 5.40. The smallest absolute Gasteiger partial charge is 0.258 e. The highest BCUT2D eigenvalue weighted by Gasteiger charge is 2.15. The van der Waals surface area contributed by atoms with E-state index in [2.05, 4.69) is 11.2 Å². The van der Waals surface area contributed by atoms with Gasteiger partial charge in [0.25, 0.3) is 5.91 Å². The Balaban J connectivity index is 2.72. The van der Waals surface area contributed by atoms with Gasteiger partial charge in [0.05, 0.1) is 6.54 Å². The van der Waals surface area contributed by atoms with E-state index in [1.54, 1.807) is 0 Å². The summed E-state index contributed by atoms with van der Waals surface area (Å²) in [4.78, 5) is 11.3. The van der Waals surface area contributed by atoms with Crippen molar-refractivity contribution in [1.82, 2.24) is 5.32 Å². The van der Waals surface area contributed by atoms with Crippen LogP contribution >= 0.6 is 0 Å². The predicted octanol–water partition coefficient (Wildman–Crippen LogP) is 1.37. The minimum Gasteiger partial charge on any atom is -0.478 e. The summed E-state index contributed by atoms with van der Waals surface area (Å²) in [5.41, 5.74) is 6.19. The number of amides is 1. The van der Waals surface area contributed by atoms with Crippen LogP contribution in [0.5, 0.6) is 5.75 Å². The highest BCUT2D eigenvalue weighted by atomic mass is 19.1. The Morgan fingerprint density at radius 3 is 2.62 bits per heavy atom. The number of terminal acetylenes is 1. The van der Waals surface area contributed by atoms with E-state index in [0.29, 0.717) is 18.4 Å². The van der Waals surface area contributed by atoms with Crippen molar-refractivity contribution in [3.63, 3.8) is 0 Å². The van der Waals surface area contributed by atoms with E-state index in [4.69, 9.17) is 16.9 Å². The van der Waals surface area contributed by atoms with Crippen LogP contribution in [0.2, 0.25) is 0 Å². The minimum absolute atomic E-state index is 0.0288. The molecule has 1 aromatic rings. The molecular weight excluding hydrogens is 278 g/mol. The molecule has 6 heteroatoms. The fraction of sp³-hybridized carbons (Fsp3) is 0.400. The molecule has 21 heavy (non-hydrogen) atoms. The van der Waals surface area contributed by atoms with Crippen LogP contribution in [0, 0.1) is 24.0 Å². The summed E-state index contributed by atoms with van der Waals surface area (Å²) >= 11 is 0. The van der Waals surface area contributed by atoms with Crippen LogP contribution < -0.4 is 15.8 Å². The quantitative estimate of drug-likeness (QED) is 0.747. The number of nitrogens with one attached hydrogen (secondary N) is 1. The minimum atomic E-state index is -0.863. The van der Waals surface area contributed by atoms with Crippen molar-refractivity contribution in [3.8, 4) is 18.1 Å². The average Bonchev–Trinajstić information content (AvgIpc) is 2.43. The molecule has 0 fully saturated rings. The van der Waals surface area contributed by atoms with E-state index in [1.165, 1.54) is 0 Å². The van der Waals surface area contributed by atoms with E-state index in [1.807, 2.05) is 6.92 Å². The Labute approximate surface area is 122 Å². The number of carbonyl (C=O) groups is 1. The maximum Gasteiger partial charge on any atom is 0.258 e.